The molecule has 4 N–H and O–H groups in total. The molecular formula is C10H19NO4. The maximum Gasteiger partial charge on any atom is 0.330 e. The van der Waals surface area contributed by atoms with Crippen molar-refractivity contribution >= 4 is 11.9 Å². The lowest BCUT2D eigenvalue weighted by molar-refractivity contribution is -0.138. The Morgan fingerprint density at radius 1 is 1.40 bits per heavy atom. The van der Waals surface area contributed by atoms with Crippen molar-refractivity contribution in [2.24, 2.45) is 5.73 Å². The topological polar surface area (TPSA) is 101 Å². The van der Waals surface area contributed by atoms with Crippen LogP contribution in [0.1, 0.15) is 33.1 Å². The van der Waals surface area contributed by atoms with Gasteiger partial charge >= 0.3 is 11.9 Å². The predicted octanol–water partition coefficient (Wildman–Crippen LogP) is 1.24. The Labute approximate surface area is 89.6 Å². The number of carboxylic acids is 2. The molecule has 0 aromatic heterocycles. The van der Waals surface area contributed by atoms with Crippen molar-refractivity contribution < 1.29 is 19.8 Å². The molecule has 88 valence electrons. The van der Waals surface area contributed by atoms with E-state index in [9.17, 15) is 9.59 Å². The first-order valence-electron chi connectivity index (χ1n) is 4.70. The van der Waals surface area contributed by atoms with Gasteiger partial charge in [-0.2, -0.15) is 0 Å². The standard InChI is InChI=1S/C6H13NO2.C4H6O2/c1-2-3-4-5(7)6(8)9;1-3(2)4(5)6/h5H,2-4,7H2,1H3,(H,8,9);1H2,2H3,(H,5,6). The molecule has 1 atom stereocenters. The lowest BCUT2D eigenvalue weighted by Crippen LogP contribution is -2.29. The van der Waals surface area contributed by atoms with Crippen LogP contribution in [0.2, 0.25) is 0 Å². The van der Waals surface area contributed by atoms with Crippen molar-refractivity contribution in [2.75, 3.05) is 0 Å². The summed E-state index contributed by atoms with van der Waals surface area (Å²) in [4.78, 5) is 19.7. The molecule has 15 heavy (non-hydrogen) atoms. The van der Waals surface area contributed by atoms with Crippen molar-refractivity contribution in [2.45, 2.75) is 39.2 Å². The van der Waals surface area contributed by atoms with Gasteiger partial charge < -0.3 is 15.9 Å². The van der Waals surface area contributed by atoms with Gasteiger partial charge in [-0.1, -0.05) is 26.3 Å². The molecule has 0 aliphatic heterocycles. The van der Waals surface area contributed by atoms with E-state index in [4.69, 9.17) is 15.9 Å². The first-order chi connectivity index (χ1) is 6.82. The highest BCUT2D eigenvalue weighted by molar-refractivity contribution is 5.84. The molecule has 0 saturated carbocycles. The third kappa shape index (κ3) is 12.6. The quantitative estimate of drug-likeness (QED) is 0.601. The SMILES string of the molecule is C=C(C)C(=O)O.CCCCC(N)C(=O)O. The van der Waals surface area contributed by atoms with Crippen molar-refractivity contribution in [3.63, 3.8) is 0 Å². The third-order valence-electron chi connectivity index (χ3n) is 1.55. The molecule has 0 heterocycles. The van der Waals surface area contributed by atoms with E-state index in [1.54, 1.807) is 0 Å². The Kier molecular flexibility index (Phi) is 9.87. The molecule has 0 bridgehead atoms. The molecule has 5 heteroatoms. The zero-order chi connectivity index (χ0) is 12.4. The largest absolute Gasteiger partial charge is 0.480 e. The summed E-state index contributed by atoms with van der Waals surface area (Å²) < 4.78 is 0. The summed E-state index contributed by atoms with van der Waals surface area (Å²) in [6, 6.07) is -0.662. The van der Waals surface area contributed by atoms with E-state index in [1.165, 1.54) is 6.92 Å². The summed E-state index contributed by atoms with van der Waals surface area (Å²) in [5.41, 5.74) is 5.38. The van der Waals surface area contributed by atoms with Crippen LogP contribution in [0.4, 0.5) is 0 Å². The predicted molar refractivity (Wildman–Crippen MR) is 57.6 cm³/mol. The minimum absolute atomic E-state index is 0.176. The van der Waals surface area contributed by atoms with Crippen molar-refractivity contribution in [3.8, 4) is 0 Å². The number of hydrogen-bond acceptors (Lipinski definition) is 3. The highest BCUT2D eigenvalue weighted by Crippen LogP contribution is 1.96. The normalized spacial score (nSPS) is 10.9. The minimum atomic E-state index is -0.935. The molecule has 0 aliphatic carbocycles. The van der Waals surface area contributed by atoms with Crippen LogP contribution in [-0.4, -0.2) is 28.2 Å². The van der Waals surface area contributed by atoms with E-state index in [-0.39, 0.29) is 5.57 Å². The summed E-state index contributed by atoms with van der Waals surface area (Å²) in [5.74, 6) is -1.83. The smallest absolute Gasteiger partial charge is 0.330 e. The third-order valence-corrected chi connectivity index (χ3v) is 1.55. The number of hydrogen-bond donors (Lipinski definition) is 3. The van der Waals surface area contributed by atoms with Crippen molar-refractivity contribution in [3.05, 3.63) is 12.2 Å². The Bertz CT molecular complexity index is 213. The number of carbonyl (C=O) groups is 2. The van der Waals surface area contributed by atoms with Crippen LogP contribution >= 0.6 is 0 Å². The average molecular weight is 217 g/mol. The van der Waals surface area contributed by atoms with Gasteiger partial charge in [0.1, 0.15) is 6.04 Å². The Morgan fingerprint density at radius 3 is 2.00 bits per heavy atom. The second kappa shape index (κ2) is 9.21. The minimum Gasteiger partial charge on any atom is -0.480 e. The summed E-state index contributed by atoms with van der Waals surface area (Å²) in [6.07, 6.45) is 2.49. The number of nitrogens with two attached hydrogens (primary N) is 1. The number of aliphatic carboxylic acids is 2. The van der Waals surface area contributed by atoms with Crippen LogP contribution in [0, 0.1) is 0 Å². The Balaban J connectivity index is 0. The Hall–Kier alpha value is -1.36. The van der Waals surface area contributed by atoms with Gasteiger partial charge in [0.25, 0.3) is 0 Å². The van der Waals surface area contributed by atoms with E-state index in [2.05, 4.69) is 6.58 Å². The van der Waals surface area contributed by atoms with E-state index in [0.717, 1.165) is 12.8 Å². The zero-order valence-corrected chi connectivity index (χ0v) is 9.19. The fourth-order valence-electron chi connectivity index (χ4n) is 0.548. The maximum absolute atomic E-state index is 10.1. The van der Waals surface area contributed by atoms with Gasteiger partial charge in [0.05, 0.1) is 0 Å². The second-order valence-corrected chi connectivity index (χ2v) is 3.17. The molecule has 0 aromatic rings. The molecule has 0 saturated heterocycles. The highest BCUT2D eigenvalue weighted by atomic mass is 16.4. The van der Waals surface area contributed by atoms with E-state index in [0.29, 0.717) is 6.42 Å². The molecule has 0 amide bonds. The molecule has 0 spiro atoms. The fraction of sp³-hybridized carbons (Fsp3) is 0.600. The Morgan fingerprint density at radius 2 is 1.80 bits per heavy atom. The van der Waals surface area contributed by atoms with Crippen LogP contribution in [0.3, 0.4) is 0 Å². The molecule has 0 aliphatic rings. The summed E-state index contributed by atoms with van der Waals surface area (Å²) >= 11 is 0. The molecule has 1 unspecified atom stereocenters. The zero-order valence-electron chi connectivity index (χ0n) is 9.19. The van der Waals surface area contributed by atoms with E-state index < -0.39 is 18.0 Å². The van der Waals surface area contributed by atoms with Gasteiger partial charge in [0, 0.05) is 5.57 Å². The van der Waals surface area contributed by atoms with E-state index >= 15 is 0 Å². The van der Waals surface area contributed by atoms with Crippen LogP contribution in [0.5, 0.6) is 0 Å². The summed E-state index contributed by atoms with van der Waals surface area (Å²) in [7, 11) is 0. The summed E-state index contributed by atoms with van der Waals surface area (Å²) in [5, 5.41) is 16.2. The van der Waals surface area contributed by atoms with Gasteiger partial charge in [-0.15, -0.1) is 0 Å². The molecule has 0 fully saturated rings. The van der Waals surface area contributed by atoms with E-state index in [1.807, 2.05) is 6.92 Å². The summed E-state index contributed by atoms with van der Waals surface area (Å²) in [6.45, 7) is 6.61. The van der Waals surface area contributed by atoms with Gasteiger partial charge in [0.2, 0.25) is 0 Å². The maximum atomic E-state index is 10.1. The first kappa shape index (κ1) is 16.1. The van der Waals surface area contributed by atoms with Crippen molar-refractivity contribution in [1.82, 2.24) is 0 Å². The highest BCUT2D eigenvalue weighted by Gasteiger charge is 2.08. The monoisotopic (exact) mass is 217 g/mol. The fourth-order valence-corrected chi connectivity index (χ4v) is 0.548. The van der Waals surface area contributed by atoms with Crippen LogP contribution in [0.15, 0.2) is 12.2 Å². The lowest BCUT2D eigenvalue weighted by Gasteiger charge is -2.02. The molecule has 0 radical (unpaired) electrons. The average Bonchev–Trinajstić information content (AvgIpc) is 2.14. The van der Waals surface area contributed by atoms with Gasteiger partial charge in [-0.25, -0.2) is 4.79 Å². The molecule has 0 rings (SSSR count). The van der Waals surface area contributed by atoms with Crippen LogP contribution < -0.4 is 5.73 Å². The molecule has 5 nitrogen and oxygen atoms in total. The lowest BCUT2D eigenvalue weighted by atomic mass is 10.1. The molecular weight excluding hydrogens is 198 g/mol. The molecule has 0 aromatic carbocycles. The van der Waals surface area contributed by atoms with Gasteiger partial charge in [-0.3, -0.25) is 4.79 Å². The first-order valence-corrected chi connectivity index (χ1v) is 4.70. The van der Waals surface area contributed by atoms with Crippen LogP contribution in [-0.2, 0) is 9.59 Å². The van der Waals surface area contributed by atoms with Crippen LogP contribution in [0.25, 0.3) is 0 Å². The number of unbranched alkanes of at least 4 members (excludes halogenated alkanes) is 1. The second-order valence-electron chi connectivity index (χ2n) is 3.17. The van der Waals surface area contributed by atoms with Gasteiger partial charge in [0.15, 0.2) is 0 Å². The number of carboxylic acid groups (broad SMARTS) is 2. The number of rotatable bonds is 5. The van der Waals surface area contributed by atoms with Gasteiger partial charge in [-0.05, 0) is 13.3 Å². The van der Waals surface area contributed by atoms with Crippen molar-refractivity contribution in [1.29, 1.82) is 0 Å².